The molecule has 0 aromatic heterocycles. The van der Waals surface area contributed by atoms with Gasteiger partial charge in [0.05, 0.1) is 12.7 Å². The Bertz CT molecular complexity index is 158. The van der Waals surface area contributed by atoms with Crippen molar-refractivity contribution in [2.24, 2.45) is 0 Å². The molecule has 0 spiro atoms. The largest absolute Gasteiger partial charge is 0.350 e. The van der Waals surface area contributed by atoms with E-state index in [9.17, 15) is 0 Å². The van der Waals surface area contributed by atoms with E-state index in [1.165, 1.54) is 19.3 Å². The molecule has 1 rings (SSSR count). The molecule has 0 aromatic carbocycles. The molecule has 0 aliphatic carbocycles. The molecule has 0 saturated carbocycles. The van der Waals surface area contributed by atoms with Crippen molar-refractivity contribution in [3.05, 3.63) is 0 Å². The fraction of sp³-hybridized carbons (Fsp3) is 1.00. The maximum Gasteiger partial charge on any atom is 0.168 e. The van der Waals surface area contributed by atoms with Gasteiger partial charge in [0.1, 0.15) is 0 Å². The summed E-state index contributed by atoms with van der Waals surface area (Å²) in [7, 11) is 0. The maximum absolute atomic E-state index is 5.95. The first-order valence-electron chi connectivity index (χ1n) is 6.04. The third kappa shape index (κ3) is 3.25. The molecule has 0 aromatic rings. The second-order valence-corrected chi connectivity index (χ2v) is 4.29. The summed E-state index contributed by atoms with van der Waals surface area (Å²) in [5, 5.41) is 0. The van der Waals surface area contributed by atoms with Crippen molar-refractivity contribution < 1.29 is 9.47 Å². The van der Waals surface area contributed by atoms with Crippen LogP contribution >= 0.6 is 0 Å². The minimum atomic E-state index is -0.257. The van der Waals surface area contributed by atoms with Gasteiger partial charge in [-0.2, -0.15) is 0 Å². The Kier molecular flexibility index (Phi) is 4.90. The summed E-state index contributed by atoms with van der Waals surface area (Å²) in [4.78, 5) is 0. The molecule has 0 N–H and O–H groups in total. The zero-order valence-electron chi connectivity index (χ0n) is 9.84. The van der Waals surface area contributed by atoms with Crippen LogP contribution in [0.3, 0.4) is 0 Å². The van der Waals surface area contributed by atoms with Crippen molar-refractivity contribution in [2.45, 2.75) is 71.2 Å². The van der Waals surface area contributed by atoms with Gasteiger partial charge in [0.25, 0.3) is 0 Å². The average molecular weight is 200 g/mol. The standard InChI is InChI=1S/C12H24O2/c1-4-6-7-9-12(5-2)13-10-8-11(3)14-12/h11H,4-10H2,1-3H3/t11-,12-/m0/s1. The lowest BCUT2D eigenvalue weighted by Gasteiger charge is -2.39. The molecule has 1 heterocycles. The van der Waals surface area contributed by atoms with E-state index in [1.807, 2.05) is 0 Å². The third-order valence-electron chi connectivity index (χ3n) is 3.01. The zero-order chi connectivity index (χ0) is 10.4. The molecule has 1 saturated heterocycles. The normalized spacial score (nSPS) is 33.2. The molecule has 0 amide bonds. The summed E-state index contributed by atoms with van der Waals surface area (Å²) in [5.74, 6) is -0.257. The number of rotatable bonds is 5. The van der Waals surface area contributed by atoms with Gasteiger partial charge >= 0.3 is 0 Å². The Balaban J connectivity index is 2.39. The number of hydrogen-bond donors (Lipinski definition) is 0. The molecular formula is C12H24O2. The molecule has 1 fully saturated rings. The van der Waals surface area contributed by atoms with E-state index in [2.05, 4.69) is 20.8 Å². The number of ether oxygens (including phenoxy) is 2. The lowest BCUT2D eigenvalue weighted by molar-refractivity contribution is -0.294. The van der Waals surface area contributed by atoms with E-state index in [1.54, 1.807) is 0 Å². The third-order valence-corrected chi connectivity index (χ3v) is 3.01. The molecule has 0 unspecified atom stereocenters. The molecule has 2 nitrogen and oxygen atoms in total. The maximum atomic E-state index is 5.95. The van der Waals surface area contributed by atoms with Gasteiger partial charge in [0.15, 0.2) is 5.79 Å². The second-order valence-electron chi connectivity index (χ2n) is 4.29. The summed E-state index contributed by atoms with van der Waals surface area (Å²) < 4.78 is 11.8. The van der Waals surface area contributed by atoms with Crippen molar-refractivity contribution in [1.29, 1.82) is 0 Å². The minimum Gasteiger partial charge on any atom is -0.350 e. The van der Waals surface area contributed by atoms with Gasteiger partial charge in [0, 0.05) is 6.42 Å². The first-order chi connectivity index (χ1) is 6.72. The molecule has 0 radical (unpaired) electrons. The molecule has 2 heteroatoms. The highest BCUT2D eigenvalue weighted by molar-refractivity contribution is 4.74. The Labute approximate surface area is 88.0 Å². The van der Waals surface area contributed by atoms with Crippen molar-refractivity contribution in [3.63, 3.8) is 0 Å². The average Bonchev–Trinajstić information content (AvgIpc) is 2.18. The van der Waals surface area contributed by atoms with Crippen molar-refractivity contribution >= 4 is 0 Å². The van der Waals surface area contributed by atoms with Crippen LogP contribution in [0.4, 0.5) is 0 Å². The Morgan fingerprint density at radius 2 is 2.07 bits per heavy atom. The highest BCUT2D eigenvalue weighted by atomic mass is 16.7. The van der Waals surface area contributed by atoms with E-state index < -0.39 is 0 Å². The highest BCUT2D eigenvalue weighted by Gasteiger charge is 2.34. The predicted molar refractivity (Wildman–Crippen MR) is 58.3 cm³/mol. The topological polar surface area (TPSA) is 18.5 Å². The second kappa shape index (κ2) is 5.72. The van der Waals surface area contributed by atoms with Crippen LogP contribution in [-0.4, -0.2) is 18.5 Å². The number of hydrogen-bond acceptors (Lipinski definition) is 2. The van der Waals surface area contributed by atoms with E-state index in [0.717, 1.165) is 25.9 Å². The summed E-state index contributed by atoms with van der Waals surface area (Å²) in [6, 6.07) is 0. The van der Waals surface area contributed by atoms with Crippen LogP contribution in [0.1, 0.15) is 59.3 Å². The van der Waals surface area contributed by atoms with Crippen LogP contribution in [0.25, 0.3) is 0 Å². The van der Waals surface area contributed by atoms with Crippen molar-refractivity contribution in [1.82, 2.24) is 0 Å². The van der Waals surface area contributed by atoms with Crippen LogP contribution in [0.15, 0.2) is 0 Å². The summed E-state index contributed by atoms with van der Waals surface area (Å²) >= 11 is 0. The SMILES string of the molecule is CCCCC[C@@]1(CC)OCC[C@H](C)O1. The fourth-order valence-electron chi connectivity index (χ4n) is 2.01. The molecule has 2 atom stereocenters. The zero-order valence-corrected chi connectivity index (χ0v) is 9.84. The van der Waals surface area contributed by atoms with Gasteiger partial charge in [-0.1, -0.05) is 26.7 Å². The predicted octanol–water partition coefficient (Wildman–Crippen LogP) is 3.50. The lowest BCUT2D eigenvalue weighted by atomic mass is 10.0. The lowest BCUT2D eigenvalue weighted by Crippen LogP contribution is -2.43. The molecule has 0 bridgehead atoms. The monoisotopic (exact) mass is 200 g/mol. The highest BCUT2D eigenvalue weighted by Crippen LogP contribution is 2.31. The van der Waals surface area contributed by atoms with Crippen LogP contribution in [0, 0.1) is 0 Å². The van der Waals surface area contributed by atoms with Gasteiger partial charge < -0.3 is 9.47 Å². The first-order valence-corrected chi connectivity index (χ1v) is 6.04. The van der Waals surface area contributed by atoms with Gasteiger partial charge in [0.2, 0.25) is 0 Å². The van der Waals surface area contributed by atoms with Crippen LogP contribution in [-0.2, 0) is 9.47 Å². The van der Waals surface area contributed by atoms with Gasteiger partial charge in [-0.3, -0.25) is 0 Å². The summed E-state index contributed by atoms with van der Waals surface area (Å²) in [5.41, 5.74) is 0. The molecule has 1 aliphatic rings. The van der Waals surface area contributed by atoms with Gasteiger partial charge in [-0.05, 0) is 26.2 Å². The quantitative estimate of drug-likeness (QED) is 0.632. The van der Waals surface area contributed by atoms with E-state index in [-0.39, 0.29) is 5.79 Å². The molecule has 1 aliphatic heterocycles. The minimum absolute atomic E-state index is 0.257. The van der Waals surface area contributed by atoms with Crippen LogP contribution in [0.2, 0.25) is 0 Å². The number of unbranched alkanes of at least 4 members (excludes halogenated alkanes) is 2. The van der Waals surface area contributed by atoms with Crippen molar-refractivity contribution in [3.8, 4) is 0 Å². The van der Waals surface area contributed by atoms with Gasteiger partial charge in [-0.25, -0.2) is 0 Å². The molecule has 84 valence electrons. The summed E-state index contributed by atoms with van der Waals surface area (Å²) in [6.07, 6.45) is 7.19. The van der Waals surface area contributed by atoms with Gasteiger partial charge in [-0.15, -0.1) is 0 Å². The Morgan fingerprint density at radius 1 is 1.29 bits per heavy atom. The van der Waals surface area contributed by atoms with Crippen LogP contribution < -0.4 is 0 Å². The van der Waals surface area contributed by atoms with Crippen molar-refractivity contribution in [2.75, 3.05) is 6.61 Å². The molecule has 14 heavy (non-hydrogen) atoms. The smallest absolute Gasteiger partial charge is 0.168 e. The Hall–Kier alpha value is -0.0800. The van der Waals surface area contributed by atoms with E-state index in [4.69, 9.17) is 9.47 Å². The Morgan fingerprint density at radius 3 is 2.64 bits per heavy atom. The van der Waals surface area contributed by atoms with Crippen LogP contribution in [0.5, 0.6) is 0 Å². The van der Waals surface area contributed by atoms with E-state index >= 15 is 0 Å². The summed E-state index contributed by atoms with van der Waals surface area (Å²) in [6.45, 7) is 7.39. The fourth-order valence-corrected chi connectivity index (χ4v) is 2.01. The first kappa shape index (κ1) is 12.0. The molecular weight excluding hydrogens is 176 g/mol. The van der Waals surface area contributed by atoms with E-state index in [0.29, 0.717) is 6.10 Å².